The molecule has 0 saturated heterocycles. The van der Waals surface area contributed by atoms with Gasteiger partial charge in [0.15, 0.2) is 0 Å². The van der Waals surface area contributed by atoms with Crippen LogP contribution < -0.4 is 4.90 Å². The monoisotopic (exact) mass is 218 g/mol. The molecule has 0 unspecified atom stereocenters. The lowest BCUT2D eigenvalue weighted by atomic mass is 10.0. The number of nitroso groups, excluding NO2 is 1. The van der Waals surface area contributed by atoms with Gasteiger partial charge >= 0.3 is 0 Å². The molecule has 0 bridgehead atoms. The first-order valence-electron chi connectivity index (χ1n) is 5.31. The SMILES string of the molecule is C=CCN1CCCc2cc(N=O)c(O)cc21. The van der Waals surface area contributed by atoms with Crippen molar-refractivity contribution in [2.75, 3.05) is 18.0 Å². The fraction of sp³-hybridized carbons (Fsp3) is 0.333. The van der Waals surface area contributed by atoms with Crippen LogP contribution in [0.4, 0.5) is 11.4 Å². The Morgan fingerprint density at radius 3 is 3.06 bits per heavy atom. The minimum absolute atomic E-state index is 0.0512. The summed E-state index contributed by atoms with van der Waals surface area (Å²) in [6.45, 7) is 5.41. The van der Waals surface area contributed by atoms with Crippen LogP contribution in [-0.2, 0) is 6.42 Å². The molecule has 1 aliphatic rings. The molecule has 84 valence electrons. The summed E-state index contributed by atoms with van der Waals surface area (Å²) in [6, 6.07) is 3.29. The van der Waals surface area contributed by atoms with Crippen molar-refractivity contribution in [2.24, 2.45) is 5.18 Å². The summed E-state index contributed by atoms with van der Waals surface area (Å²) in [5, 5.41) is 12.4. The number of aryl methyl sites for hydroxylation is 1. The molecule has 0 atom stereocenters. The van der Waals surface area contributed by atoms with Crippen LogP contribution in [-0.4, -0.2) is 18.2 Å². The van der Waals surface area contributed by atoms with Gasteiger partial charge in [0.1, 0.15) is 11.4 Å². The third-order valence-corrected chi connectivity index (χ3v) is 2.84. The maximum absolute atomic E-state index is 10.5. The predicted octanol–water partition coefficient (Wildman–Crippen LogP) is 2.73. The van der Waals surface area contributed by atoms with Gasteiger partial charge in [-0.3, -0.25) is 0 Å². The lowest BCUT2D eigenvalue weighted by molar-refractivity contribution is 0.476. The largest absolute Gasteiger partial charge is 0.505 e. The number of phenolic OH excluding ortho intramolecular Hbond substituents is 1. The smallest absolute Gasteiger partial charge is 0.150 e. The molecule has 0 spiro atoms. The second-order valence-corrected chi connectivity index (χ2v) is 3.90. The summed E-state index contributed by atoms with van der Waals surface area (Å²) in [5.41, 5.74) is 2.18. The Balaban J connectivity index is 2.44. The Hall–Kier alpha value is -1.84. The zero-order valence-electron chi connectivity index (χ0n) is 9.02. The molecule has 2 rings (SSSR count). The van der Waals surface area contributed by atoms with Crippen molar-refractivity contribution < 1.29 is 5.11 Å². The first kappa shape index (κ1) is 10.7. The molecule has 0 radical (unpaired) electrons. The minimum Gasteiger partial charge on any atom is -0.505 e. The van der Waals surface area contributed by atoms with Gasteiger partial charge in [-0.1, -0.05) is 6.08 Å². The summed E-state index contributed by atoms with van der Waals surface area (Å²) in [7, 11) is 0. The van der Waals surface area contributed by atoms with Crippen molar-refractivity contribution in [1.82, 2.24) is 0 Å². The zero-order chi connectivity index (χ0) is 11.5. The molecule has 1 N–H and O–H groups in total. The molecule has 0 saturated carbocycles. The van der Waals surface area contributed by atoms with Crippen molar-refractivity contribution in [3.8, 4) is 5.75 Å². The molecule has 0 aromatic heterocycles. The lowest BCUT2D eigenvalue weighted by Crippen LogP contribution is -2.29. The molecule has 16 heavy (non-hydrogen) atoms. The van der Waals surface area contributed by atoms with Crippen molar-refractivity contribution in [1.29, 1.82) is 0 Å². The molecule has 1 aromatic carbocycles. The normalized spacial score (nSPS) is 14.4. The van der Waals surface area contributed by atoms with E-state index in [-0.39, 0.29) is 11.4 Å². The third-order valence-electron chi connectivity index (χ3n) is 2.84. The molecular formula is C12H14N2O2. The topological polar surface area (TPSA) is 52.9 Å². The van der Waals surface area contributed by atoms with Crippen LogP contribution in [0.2, 0.25) is 0 Å². The molecule has 4 heteroatoms. The van der Waals surface area contributed by atoms with Gasteiger partial charge < -0.3 is 10.0 Å². The number of hydrogen-bond acceptors (Lipinski definition) is 4. The zero-order valence-corrected chi connectivity index (χ0v) is 9.02. The van der Waals surface area contributed by atoms with Crippen LogP contribution in [0, 0.1) is 4.91 Å². The molecule has 1 heterocycles. The van der Waals surface area contributed by atoms with E-state index in [1.165, 1.54) is 0 Å². The predicted molar refractivity (Wildman–Crippen MR) is 64.3 cm³/mol. The third kappa shape index (κ3) is 1.78. The maximum Gasteiger partial charge on any atom is 0.150 e. The first-order chi connectivity index (χ1) is 7.76. The highest BCUT2D eigenvalue weighted by atomic mass is 16.3. The van der Waals surface area contributed by atoms with Crippen LogP contribution >= 0.6 is 0 Å². The highest BCUT2D eigenvalue weighted by Crippen LogP contribution is 2.37. The van der Waals surface area contributed by atoms with Crippen molar-refractivity contribution in [3.05, 3.63) is 35.3 Å². The molecular weight excluding hydrogens is 204 g/mol. The van der Waals surface area contributed by atoms with Gasteiger partial charge in [-0.2, -0.15) is 0 Å². The molecule has 0 amide bonds. The summed E-state index contributed by atoms with van der Waals surface area (Å²) in [4.78, 5) is 12.6. The average Bonchev–Trinajstić information content (AvgIpc) is 2.29. The van der Waals surface area contributed by atoms with E-state index in [4.69, 9.17) is 0 Å². The lowest BCUT2D eigenvalue weighted by Gasteiger charge is -2.30. The number of rotatable bonds is 3. The van der Waals surface area contributed by atoms with E-state index in [2.05, 4.69) is 16.7 Å². The number of anilines is 1. The summed E-state index contributed by atoms with van der Waals surface area (Å²) >= 11 is 0. The second kappa shape index (κ2) is 4.35. The maximum atomic E-state index is 10.5. The number of phenols is 1. The quantitative estimate of drug-likeness (QED) is 0.627. The van der Waals surface area contributed by atoms with Gasteiger partial charge in [0, 0.05) is 24.8 Å². The van der Waals surface area contributed by atoms with Gasteiger partial charge in [-0.25, -0.2) is 0 Å². The average molecular weight is 218 g/mol. The van der Waals surface area contributed by atoms with Crippen LogP contribution in [0.3, 0.4) is 0 Å². The summed E-state index contributed by atoms with van der Waals surface area (Å²) < 4.78 is 0. The Bertz CT molecular complexity index is 429. The minimum atomic E-state index is -0.0512. The Kier molecular flexibility index (Phi) is 2.90. The van der Waals surface area contributed by atoms with Gasteiger partial charge in [-0.15, -0.1) is 11.5 Å². The van der Waals surface area contributed by atoms with E-state index < -0.39 is 0 Å². The molecule has 0 fully saturated rings. The standard InChI is InChI=1S/C12H14N2O2/c1-2-5-14-6-3-4-9-7-10(13-16)12(15)8-11(9)14/h2,7-8,15H,1,3-6H2. The fourth-order valence-electron chi connectivity index (χ4n) is 2.10. The summed E-state index contributed by atoms with van der Waals surface area (Å²) in [6.07, 6.45) is 3.80. The molecule has 1 aromatic rings. The van der Waals surface area contributed by atoms with Crippen LogP contribution in [0.15, 0.2) is 30.0 Å². The Morgan fingerprint density at radius 2 is 2.38 bits per heavy atom. The van der Waals surface area contributed by atoms with E-state index >= 15 is 0 Å². The number of hydrogen-bond donors (Lipinski definition) is 1. The van der Waals surface area contributed by atoms with Gasteiger partial charge in [0.05, 0.1) is 0 Å². The van der Waals surface area contributed by atoms with Gasteiger partial charge in [-0.05, 0) is 29.6 Å². The van der Waals surface area contributed by atoms with Gasteiger partial charge in [0.2, 0.25) is 0 Å². The Labute approximate surface area is 94.2 Å². The highest BCUT2D eigenvalue weighted by Gasteiger charge is 2.18. The van der Waals surface area contributed by atoms with Crippen LogP contribution in [0.25, 0.3) is 0 Å². The fourth-order valence-corrected chi connectivity index (χ4v) is 2.10. The van der Waals surface area contributed by atoms with Gasteiger partial charge in [0.25, 0.3) is 0 Å². The van der Waals surface area contributed by atoms with E-state index in [0.29, 0.717) is 0 Å². The first-order valence-corrected chi connectivity index (χ1v) is 5.31. The number of aromatic hydroxyl groups is 1. The number of fused-ring (bicyclic) bond motifs is 1. The Morgan fingerprint density at radius 1 is 1.56 bits per heavy atom. The van der Waals surface area contributed by atoms with Crippen molar-refractivity contribution in [2.45, 2.75) is 12.8 Å². The van der Waals surface area contributed by atoms with E-state index in [9.17, 15) is 10.0 Å². The number of nitrogens with zero attached hydrogens (tertiary/aromatic N) is 2. The van der Waals surface area contributed by atoms with Crippen LogP contribution in [0.5, 0.6) is 5.75 Å². The van der Waals surface area contributed by atoms with E-state index in [0.717, 1.165) is 37.2 Å². The van der Waals surface area contributed by atoms with Crippen LogP contribution in [0.1, 0.15) is 12.0 Å². The van der Waals surface area contributed by atoms with Crippen molar-refractivity contribution in [3.63, 3.8) is 0 Å². The second-order valence-electron chi connectivity index (χ2n) is 3.90. The highest BCUT2D eigenvalue weighted by molar-refractivity contribution is 5.67. The molecule has 1 aliphatic heterocycles. The van der Waals surface area contributed by atoms with E-state index in [1.54, 1.807) is 12.1 Å². The van der Waals surface area contributed by atoms with Crippen molar-refractivity contribution >= 4 is 11.4 Å². The van der Waals surface area contributed by atoms with E-state index in [1.807, 2.05) is 6.08 Å². The molecule has 4 nitrogen and oxygen atoms in total. The summed E-state index contributed by atoms with van der Waals surface area (Å²) in [5.74, 6) is -0.0512. The molecule has 0 aliphatic carbocycles. The number of benzene rings is 1.